The summed E-state index contributed by atoms with van der Waals surface area (Å²) in [6, 6.07) is 20.1. The molecule has 3 aromatic rings. The van der Waals surface area contributed by atoms with Crippen molar-refractivity contribution in [2.75, 3.05) is 17.2 Å². The summed E-state index contributed by atoms with van der Waals surface area (Å²) in [7, 11) is 0. The van der Waals surface area contributed by atoms with Crippen LogP contribution in [-0.2, 0) is 17.0 Å². The molecule has 4 nitrogen and oxygen atoms in total. The standard InChI is InChI=1S/C22H24N2O2S/c1-17-21(18(2)26-23-17)15-27-16-22(25)24(20-11-7-4-8-12-20)14-13-19-9-5-3-6-10-19/h3-12H,13-16H2,1-2H3. The topological polar surface area (TPSA) is 46.3 Å². The van der Waals surface area contributed by atoms with Crippen LogP contribution in [0.25, 0.3) is 0 Å². The molecule has 0 atom stereocenters. The molecule has 1 heterocycles. The fourth-order valence-electron chi connectivity index (χ4n) is 2.92. The van der Waals surface area contributed by atoms with Gasteiger partial charge in [0.1, 0.15) is 5.76 Å². The van der Waals surface area contributed by atoms with Crippen LogP contribution in [0.5, 0.6) is 0 Å². The lowest BCUT2D eigenvalue weighted by Crippen LogP contribution is -2.34. The summed E-state index contributed by atoms with van der Waals surface area (Å²) < 4.78 is 5.20. The zero-order chi connectivity index (χ0) is 19.1. The van der Waals surface area contributed by atoms with Gasteiger partial charge in [0.15, 0.2) is 0 Å². The van der Waals surface area contributed by atoms with Crippen molar-refractivity contribution in [3.8, 4) is 0 Å². The van der Waals surface area contributed by atoms with E-state index in [1.54, 1.807) is 11.8 Å². The molecular formula is C22H24N2O2S. The summed E-state index contributed by atoms with van der Waals surface area (Å²) in [6.45, 7) is 4.51. The molecule has 0 aliphatic carbocycles. The Bertz CT molecular complexity index is 843. The molecule has 0 N–H and O–H groups in total. The predicted molar refractivity (Wildman–Crippen MR) is 111 cm³/mol. The van der Waals surface area contributed by atoms with E-state index in [4.69, 9.17) is 4.52 Å². The molecule has 0 aliphatic rings. The van der Waals surface area contributed by atoms with E-state index in [9.17, 15) is 4.79 Å². The van der Waals surface area contributed by atoms with Crippen LogP contribution in [0, 0.1) is 13.8 Å². The number of benzene rings is 2. The second-order valence-corrected chi connectivity index (χ2v) is 7.40. The minimum atomic E-state index is 0.119. The maximum Gasteiger partial charge on any atom is 0.236 e. The number of hydrogen-bond donors (Lipinski definition) is 0. The number of carbonyl (C=O) groups is 1. The predicted octanol–water partition coefficient (Wildman–Crippen LogP) is 4.80. The summed E-state index contributed by atoms with van der Waals surface area (Å²) in [5.74, 6) is 2.10. The van der Waals surface area contributed by atoms with Gasteiger partial charge < -0.3 is 9.42 Å². The molecule has 0 saturated carbocycles. The van der Waals surface area contributed by atoms with Gasteiger partial charge in [-0.2, -0.15) is 0 Å². The summed E-state index contributed by atoms with van der Waals surface area (Å²) in [4.78, 5) is 14.8. The van der Waals surface area contributed by atoms with Crippen LogP contribution in [0.3, 0.4) is 0 Å². The lowest BCUT2D eigenvalue weighted by molar-refractivity contribution is -0.116. The highest BCUT2D eigenvalue weighted by Gasteiger charge is 2.17. The lowest BCUT2D eigenvalue weighted by atomic mass is 10.1. The Labute approximate surface area is 164 Å². The second-order valence-electron chi connectivity index (χ2n) is 6.41. The van der Waals surface area contributed by atoms with Gasteiger partial charge in [-0.15, -0.1) is 11.8 Å². The molecule has 5 heteroatoms. The number of para-hydroxylation sites is 1. The Morgan fingerprint density at radius 1 is 1.04 bits per heavy atom. The van der Waals surface area contributed by atoms with Gasteiger partial charge in [-0.3, -0.25) is 4.79 Å². The van der Waals surface area contributed by atoms with Gasteiger partial charge in [0.05, 0.1) is 11.4 Å². The van der Waals surface area contributed by atoms with Crippen molar-refractivity contribution < 1.29 is 9.32 Å². The van der Waals surface area contributed by atoms with Gasteiger partial charge >= 0.3 is 0 Å². The first-order valence-corrected chi connectivity index (χ1v) is 10.2. The highest BCUT2D eigenvalue weighted by atomic mass is 32.2. The van der Waals surface area contributed by atoms with E-state index in [2.05, 4.69) is 17.3 Å². The van der Waals surface area contributed by atoms with Crippen LogP contribution < -0.4 is 4.90 Å². The number of carbonyl (C=O) groups excluding carboxylic acids is 1. The van der Waals surface area contributed by atoms with E-state index in [-0.39, 0.29) is 5.91 Å². The van der Waals surface area contributed by atoms with Gasteiger partial charge in [0.2, 0.25) is 5.91 Å². The van der Waals surface area contributed by atoms with Crippen LogP contribution in [0.1, 0.15) is 22.6 Å². The number of anilines is 1. The number of nitrogens with zero attached hydrogens (tertiary/aromatic N) is 2. The fraction of sp³-hybridized carbons (Fsp3) is 0.273. The molecule has 1 amide bonds. The molecule has 0 bridgehead atoms. The summed E-state index contributed by atoms with van der Waals surface area (Å²) >= 11 is 1.60. The van der Waals surface area contributed by atoms with Crippen molar-refractivity contribution in [2.24, 2.45) is 0 Å². The summed E-state index contributed by atoms with van der Waals surface area (Å²) in [6.07, 6.45) is 0.829. The molecule has 1 aromatic heterocycles. The van der Waals surface area contributed by atoms with Crippen molar-refractivity contribution in [3.63, 3.8) is 0 Å². The maximum atomic E-state index is 12.9. The number of thioether (sulfide) groups is 1. The van der Waals surface area contributed by atoms with Crippen molar-refractivity contribution >= 4 is 23.4 Å². The second kappa shape index (κ2) is 9.42. The molecule has 2 aromatic carbocycles. The van der Waals surface area contributed by atoms with Crippen molar-refractivity contribution in [3.05, 3.63) is 83.2 Å². The third kappa shape index (κ3) is 5.23. The normalized spacial score (nSPS) is 10.7. The summed E-state index contributed by atoms with van der Waals surface area (Å²) in [5, 5.41) is 3.98. The molecule has 27 heavy (non-hydrogen) atoms. The van der Waals surface area contributed by atoms with E-state index in [0.29, 0.717) is 12.3 Å². The van der Waals surface area contributed by atoms with Gasteiger partial charge in [-0.1, -0.05) is 53.7 Å². The zero-order valence-electron chi connectivity index (χ0n) is 15.7. The molecule has 140 valence electrons. The first-order valence-electron chi connectivity index (χ1n) is 9.04. The van der Waals surface area contributed by atoms with E-state index < -0.39 is 0 Å². The highest BCUT2D eigenvalue weighted by molar-refractivity contribution is 7.99. The number of aryl methyl sites for hydroxylation is 2. The van der Waals surface area contributed by atoms with Gasteiger partial charge in [-0.05, 0) is 38.0 Å². The number of hydrogen-bond acceptors (Lipinski definition) is 4. The third-order valence-corrected chi connectivity index (χ3v) is 5.43. The van der Waals surface area contributed by atoms with Crippen molar-refractivity contribution in [1.29, 1.82) is 0 Å². The SMILES string of the molecule is Cc1noc(C)c1CSCC(=O)N(CCc1ccccc1)c1ccccc1. The van der Waals surface area contributed by atoms with Crippen LogP contribution in [0.4, 0.5) is 5.69 Å². The van der Waals surface area contributed by atoms with Crippen LogP contribution in [0.15, 0.2) is 65.2 Å². The average molecular weight is 381 g/mol. The van der Waals surface area contributed by atoms with Crippen LogP contribution in [-0.4, -0.2) is 23.4 Å². The smallest absolute Gasteiger partial charge is 0.236 e. The van der Waals surface area contributed by atoms with Crippen molar-refractivity contribution in [2.45, 2.75) is 26.0 Å². The molecule has 0 radical (unpaired) electrons. The third-order valence-electron chi connectivity index (χ3n) is 4.49. The van der Waals surface area contributed by atoms with Gasteiger partial charge in [-0.25, -0.2) is 0 Å². The molecule has 0 spiro atoms. The molecule has 0 saturated heterocycles. The fourth-order valence-corrected chi connectivity index (χ4v) is 3.97. The van der Waals surface area contributed by atoms with E-state index in [1.807, 2.05) is 67.3 Å². The van der Waals surface area contributed by atoms with Crippen molar-refractivity contribution in [1.82, 2.24) is 5.16 Å². The average Bonchev–Trinajstić information content (AvgIpc) is 3.02. The highest BCUT2D eigenvalue weighted by Crippen LogP contribution is 2.21. The van der Waals surface area contributed by atoms with E-state index >= 15 is 0 Å². The van der Waals surface area contributed by atoms with E-state index in [1.165, 1.54) is 5.56 Å². The van der Waals surface area contributed by atoms with Crippen LogP contribution >= 0.6 is 11.8 Å². The molecule has 3 rings (SSSR count). The summed E-state index contributed by atoms with van der Waals surface area (Å²) in [5.41, 5.74) is 4.16. The Hall–Kier alpha value is -2.53. The van der Waals surface area contributed by atoms with Crippen LogP contribution in [0.2, 0.25) is 0 Å². The first-order chi connectivity index (χ1) is 13.1. The Morgan fingerprint density at radius 3 is 2.33 bits per heavy atom. The van der Waals surface area contributed by atoms with Gasteiger partial charge in [0, 0.05) is 23.5 Å². The minimum Gasteiger partial charge on any atom is -0.361 e. The Balaban J connectivity index is 1.63. The molecule has 0 aliphatic heterocycles. The van der Waals surface area contributed by atoms with Gasteiger partial charge in [0.25, 0.3) is 0 Å². The molecule has 0 fully saturated rings. The number of rotatable bonds is 8. The number of aromatic nitrogens is 1. The Kier molecular flexibility index (Phi) is 6.71. The zero-order valence-corrected chi connectivity index (χ0v) is 16.5. The molecular weight excluding hydrogens is 356 g/mol. The largest absolute Gasteiger partial charge is 0.361 e. The number of amides is 1. The Morgan fingerprint density at radius 2 is 1.70 bits per heavy atom. The van der Waals surface area contributed by atoms with E-state index in [0.717, 1.165) is 34.9 Å². The molecule has 0 unspecified atom stereocenters. The lowest BCUT2D eigenvalue weighted by Gasteiger charge is -2.23. The first kappa shape index (κ1) is 19.2. The maximum absolute atomic E-state index is 12.9. The minimum absolute atomic E-state index is 0.119. The quantitative estimate of drug-likeness (QED) is 0.563. The monoisotopic (exact) mass is 380 g/mol.